The first-order valence-corrected chi connectivity index (χ1v) is 8.50. The molecule has 0 bridgehead atoms. The number of carbonyl (C=O) groups excluding carboxylic acids is 1. The third-order valence-electron chi connectivity index (χ3n) is 4.25. The van der Waals surface area contributed by atoms with Gasteiger partial charge in [-0.05, 0) is 54.1 Å². The fourth-order valence-corrected chi connectivity index (χ4v) is 2.86. The number of nitrogens with one attached hydrogen (secondary N) is 3. The van der Waals surface area contributed by atoms with Gasteiger partial charge in [-0.1, -0.05) is 6.07 Å². The molecule has 4 rings (SSSR count). The van der Waals surface area contributed by atoms with Gasteiger partial charge in [-0.15, -0.1) is 0 Å². The number of halogens is 1. The molecule has 2 aromatic carbocycles. The Bertz CT molecular complexity index is 1000. The molecule has 1 amide bonds. The summed E-state index contributed by atoms with van der Waals surface area (Å²) in [5, 5.41) is 9.11. The van der Waals surface area contributed by atoms with Gasteiger partial charge in [0, 0.05) is 42.1 Å². The number of nitrogens with zero attached hydrogens (tertiary/aromatic N) is 1. The fraction of sp³-hybridized carbons (Fsp3) is 0.0476. The molecule has 1 aromatic heterocycles. The van der Waals surface area contributed by atoms with Crippen LogP contribution in [0, 0.1) is 5.82 Å². The molecule has 5 nitrogen and oxygen atoms in total. The third kappa shape index (κ3) is 3.79. The summed E-state index contributed by atoms with van der Waals surface area (Å²) in [7, 11) is 0. The van der Waals surface area contributed by atoms with Crippen LogP contribution in [0.2, 0.25) is 0 Å². The molecule has 0 atom stereocenters. The second-order valence-electron chi connectivity index (χ2n) is 6.14. The maximum absolute atomic E-state index is 13.3. The summed E-state index contributed by atoms with van der Waals surface area (Å²) in [6.45, 7) is 0.693. The summed E-state index contributed by atoms with van der Waals surface area (Å²) < 4.78 is 13.3. The standard InChI is InChI=1S/C21H17FN4O/c22-15-3-8-18-19(21(27)26-20(18)10-15)13-25-17-6-4-16(5-7-17)24-12-14-2-1-9-23-11-14/h1-11,13,24-25H,12H2,(H,26,27)/b19-13+. The average molecular weight is 360 g/mol. The molecular weight excluding hydrogens is 343 g/mol. The Morgan fingerprint density at radius 2 is 1.89 bits per heavy atom. The van der Waals surface area contributed by atoms with Crippen LogP contribution in [0.15, 0.2) is 73.2 Å². The smallest absolute Gasteiger partial charge is 0.257 e. The zero-order valence-electron chi connectivity index (χ0n) is 14.4. The van der Waals surface area contributed by atoms with Crippen LogP contribution in [0.25, 0.3) is 5.57 Å². The van der Waals surface area contributed by atoms with Gasteiger partial charge < -0.3 is 16.0 Å². The van der Waals surface area contributed by atoms with Gasteiger partial charge in [0.2, 0.25) is 0 Å². The third-order valence-corrected chi connectivity index (χ3v) is 4.25. The minimum Gasteiger partial charge on any atom is -0.381 e. The number of pyridine rings is 1. The van der Waals surface area contributed by atoms with Crippen molar-refractivity contribution < 1.29 is 9.18 Å². The highest BCUT2D eigenvalue weighted by molar-refractivity contribution is 6.31. The minimum absolute atomic E-state index is 0.252. The topological polar surface area (TPSA) is 66.1 Å². The van der Waals surface area contributed by atoms with Crippen LogP contribution in [0.4, 0.5) is 21.5 Å². The van der Waals surface area contributed by atoms with E-state index in [9.17, 15) is 9.18 Å². The van der Waals surface area contributed by atoms with Crippen LogP contribution >= 0.6 is 0 Å². The highest BCUT2D eigenvalue weighted by Gasteiger charge is 2.24. The van der Waals surface area contributed by atoms with Crippen LogP contribution in [0.1, 0.15) is 11.1 Å². The van der Waals surface area contributed by atoms with Crippen LogP contribution < -0.4 is 16.0 Å². The predicted molar refractivity (Wildman–Crippen MR) is 105 cm³/mol. The largest absolute Gasteiger partial charge is 0.381 e. The van der Waals surface area contributed by atoms with Gasteiger partial charge in [0.15, 0.2) is 0 Å². The van der Waals surface area contributed by atoms with E-state index in [0.717, 1.165) is 16.9 Å². The molecule has 1 aliphatic heterocycles. The zero-order chi connectivity index (χ0) is 18.6. The Morgan fingerprint density at radius 1 is 1.07 bits per heavy atom. The van der Waals surface area contributed by atoms with Crippen molar-refractivity contribution in [1.29, 1.82) is 0 Å². The van der Waals surface area contributed by atoms with Gasteiger partial charge in [-0.25, -0.2) is 4.39 Å². The van der Waals surface area contributed by atoms with Gasteiger partial charge in [-0.2, -0.15) is 0 Å². The zero-order valence-corrected chi connectivity index (χ0v) is 14.4. The average Bonchev–Trinajstić information content (AvgIpc) is 3.00. The van der Waals surface area contributed by atoms with E-state index < -0.39 is 0 Å². The van der Waals surface area contributed by atoms with E-state index in [2.05, 4.69) is 20.9 Å². The van der Waals surface area contributed by atoms with E-state index in [-0.39, 0.29) is 11.7 Å². The molecule has 3 aromatic rings. The quantitative estimate of drug-likeness (QED) is 0.596. The molecule has 6 heteroatoms. The van der Waals surface area contributed by atoms with Crippen molar-refractivity contribution >= 4 is 28.5 Å². The minimum atomic E-state index is -0.377. The Balaban J connectivity index is 1.42. The first-order valence-electron chi connectivity index (χ1n) is 8.50. The molecule has 0 saturated carbocycles. The second-order valence-corrected chi connectivity index (χ2v) is 6.14. The van der Waals surface area contributed by atoms with Crippen molar-refractivity contribution in [3.8, 4) is 0 Å². The number of fused-ring (bicyclic) bond motifs is 1. The molecule has 2 heterocycles. The van der Waals surface area contributed by atoms with Crippen molar-refractivity contribution in [3.63, 3.8) is 0 Å². The summed E-state index contributed by atoms with van der Waals surface area (Å²) in [6, 6.07) is 15.9. The number of benzene rings is 2. The molecule has 0 radical (unpaired) electrons. The van der Waals surface area contributed by atoms with Crippen LogP contribution in [-0.2, 0) is 11.3 Å². The fourth-order valence-electron chi connectivity index (χ4n) is 2.86. The normalized spacial score (nSPS) is 14.0. The van der Waals surface area contributed by atoms with E-state index in [1.165, 1.54) is 12.1 Å². The molecule has 3 N–H and O–H groups in total. The van der Waals surface area contributed by atoms with Crippen molar-refractivity contribution in [1.82, 2.24) is 4.98 Å². The molecule has 0 aliphatic carbocycles. The number of hydrogen-bond donors (Lipinski definition) is 3. The lowest BCUT2D eigenvalue weighted by molar-refractivity contribution is -0.110. The summed E-state index contributed by atoms with van der Waals surface area (Å²) in [5.74, 6) is -0.629. The monoisotopic (exact) mass is 360 g/mol. The van der Waals surface area contributed by atoms with Gasteiger partial charge >= 0.3 is 0 Å². The van der Waals surface area contributed by atoms with E-state index in [1.54, 1.807) is 18.5 Å². The molecule has 0 unspecified atom stereocenters. The van der Waals surface area contributed by atoms with Crippen LogP contribution in [0.5, 0.6) is 0 Å². The number of hydrogen-bond acceptors (Lipinski definition) is 4. The molecule has 1 aliphatic rings. The Morgan fingerprint density at radius 3 is 2.67 bits per heavy atom. The van der Waals surface area contributed by atoms with Crippen molar-refractivity contribution in [3.05, 3.63) is 90.1 Å². The first-order chi connectivity index (χ1) is 13.2. The SMILES string of the molecule is O=C1Nc2cc(F)ccc2/C1=C\Nc1ccc(NCc2cccnc2)cc1. The van der Waals surface area contributed by atoms with E-state index >= 15 is 0 Å². The highest BCUT2D eigenvalue weighted by Crippen LogP contribution is 2.32. The molecule has 0 spiro atoms. The number of carbonyl (C=O) groups is 1. The van der Waals surface area contributed by atoms with E-state index in [1.807, 2.05) is 42.6 Å². The van der Waals surface area contributed by atoms with Gasteiger partial charge in [0.1, 0.15) is 5.82 Å². The lowest BCUT2D eigenvalue weighted by atomic mass is 10.1. The van der Waals surface area contributed by atoms with Crippen molar-refractivity contribution in [2.75, 3.05) is 16.0 Å². The van der Waals surface area contributed by atoms with E-state index in [0.29, 0.717) is 23.4 Å². The Labute approximate surface area is 156 Å². The molecule has 134 valence electrons. The summed E-state index contributed by atoms with van der Waals surface area (Å²) >= 11 is 0. The van der Waals surface area contributed by atoms with Crippen LogP contribution in [-0.4, -0.2) is 10.9 Å². The first kappa shape index (κ1) is 16.8. The Kier molecular flexibility index (Phi) is 4.53. The lowest BCUT2D eigenvalue weighted by Gasteiger charge is -2.08. The molecule has 0 saturated heterocycles. The number of anilines is 3. The van der Waals surface area contributed by atoms with Gasteiger partial charge in [0.25, 0.3) is 5.91 Å². The summed E-state index contributed by atoms with van der Waals surface area (Å²) in [5.41, 5.74) is 4.58. The maximum Gasteiger partial charge on any atom is 0.257 e. The van der Waals surface area contributed by atoms with Crippen molar-refractivity contribution in [2.24, 2.45) is 0 Å². The van der Waals surface area contributed by atoms with Gasteiger partial charge in [0.05, 0.1) is 11.3 Å². The molecule has 0 fully saturated rings. The predicted octanol–water partition coefficient (Wildman–Crippen LogP) is 4.24. The Hall–Kier alpha value is -3.67. The molecular formula is C21H17FN4O. The van der Waals surface area contributed by atoms with Crippen LogP contribution in [0.3, 0.4) is 0 Å². The van der Waals surface area contributed by atoms with Gasteiger partial charge in [-0.3, -0.25) is 9.78 Å². The van der Waals surface area contributed by atoms with E-state index in [4.69, 9.17) is 0 Å². The number of rotatable bonds is 5. The highest BCUT2D eigenvalue weighted by atomic mass is 19.1. The summed E-state index contributed by atoms with van der Waals surface area (Å²) in [4.78, 5) is 16.2. The van der Waals surface area contributed by atoms with Crippen molar-refractivity contribution in [2.45, 2.75) is 6.54 Å². The number of amides is 1. The maximum atomic E-state index is 13.3. The summed E-state index contributed by atoms with van der Waals surface area (Å²) in [6.07, 6.45) is 5.21. The lowest BCUT2D eigenvalue weighted by Crippen LogP contribution is -2.05. The number of aromatic nitrogens is 1. The second kappa shape index (κ2) is 7.29. The molecule has 27 heavy (non-hydrogen) atoms.